The molecule has 0 amide bonds. The first kappa shape index (κ1) is 29.3. The maximum Gasteiger partial charge on any atom is 0.323 e. The summed E-state index contributed by atoms with van der Waals surface area (Å²) >= 11 is 0. The smallest absolute Gasteiger partial charge is 0.323 e. The number of carbonyl (C=O) groups is 1. The maximum atomic E-state index is 10.4. The summed E-state index contributed by atoms with van der Waals surface area (Å²) in [7, 11) is 0. The SMILES string of the molecule is [C-]#[O+].[C-]#[O+].[C-]#[O+].[CH2][C]([CH2])[CH]C(=O)C=[N+]=[N-].[Fe]. The monoisotopic (exact) mass is 262 g/mol. The Morgan fingerprint density at radius 3 is 1.62 bits per heavy atom. The third kappa shape index (κ3) is 53.0. The molecule has 0 fully saturated rings. The van der Waals surface area contributed by atoms with Gasteiger partial charge in [0.15, 0.2) is 0 Å². The Balaban J connectivity index is -0.0000000498. The van der Waals surface area contributed by atoms with Gasteiger partial charge in [0.25, 0.3) is 0 Å². The fourth-order valence-corrected chi connectivity index (χ4v) is 0.295. The predicted octanol–water partition coefficient (Wildman–Crippen LogP) is 0.188. The molecule has 0 N–H and O–H groups in total. The molecule has 6 nitrogen and oxygen atoms in total. The predicted molar refractivity (Wildman–Crippen MR) is 44.7 cm³/mol. The molecule has 0 aliphatic rings. The summed E-state index contributed by atoms with van der Waals surface area (Å²) in [5, 5.41) is 0. The number of ketones is 1. The second kappa shape index (κ2) is 37.2. The number of carbonyl (C=O) groups excluding carboxylic acids is 1. The van der Waals surface area contributed by atoms with Crippen LogP contribution in [0, 0.1) is 46.1 Å². The summed E-state index contributed by atoms with van der Waals surface area (Å²) < 4.78 is 22.5. The molecule has 0 aromatic heterocycles. The first-order valence-electron chi connectivity index (χ1n) is 2.85. The van der Waals surface area contributed by atoms with Crippen LogP contribution >= 0.6 is 0 Å². The van der Waals surface area contributed by atoms with Gasteiger partial charge in [0.05, 0.1) is 0 Å². The number of hydrogen-bond acceptors (Lipinski definition) is 1. The van der Waals surface area contributed by atoms with Crippen molar-refractivity contribution >= 4 is 12.0 Å². The molecule has 0 aromatic rings. The average molecular weight is 262 g/mol. The molecule has 0 rings (SSSR count). The third-order valence-corrected chi connectivity index (χ3v) is 0.531. The summed E-state index contributed by atoms with van der Waals surface area (Å²) in [6.45, 7) is 20.2. The van der Waals surface area contributed by atoms with Crippen molar-refractivity contribution in [1.29, 1.82) is 0 Å². The van der Waals surface area contributed by atoms with Crippen molar-refractivity contribution in [2.24, 2.45) is 0 Å². The zero-order chi connectivity index (χ0) is 13.3. The Morgan fingerprint density at radius 1 is 1.12 bits per heavy atom. The van der Waals surface area contributed by atoms with Gasteiger partial charge in [0.1, 0.15) is 0 Å². The van der Waals surface area contributed by atoms with Crippen LogP contribution in [0.4, 0.5) is 0 Å². The summed E-state index contributed by atoms with van der Waals surface area (Å²) in [6, 6.07) is 0. The van der Waals surface area contributed by atoms with Gasteiger partial charge in [-0.05, 0) is 19.8 Å². The van der Waals surface area contributed by atoms with Crippen molar-refractivity contribution in [3.05, 3.63) is 51.7 Å². The van der Waals surface area contributed by atoms with Gasteiger partial charge in [-0.15, -0.1) is 0 Å². The second-order valence-corrected chi connectivity index (χ2v) is 1.45. The first-order chi connectivity index (χ1) is 7.16. The average Bonchev–Trinajstić information content (AvgIpc) is 2.26. The first-order valence-corrected chi connectivity index (χ1v) is 2.85. The van der Waals surface area contributed by atoms with Crippen molar-refractivity contribution in [2.75, 3.05) is 0 Å². The molecule has 0 atom stereocenters. The van der Waals surface area contributed by atoms with Gasteiger partial charge in [-0.2, -0.15) is 4.79 Å². The van der Waals surface area contributed by atoms with Gasteiger partial charge in [0.2, 0.25) is 5.78 Å². The van der Waals surface area contributed by atoms with E-state index in [0.717, 1.165) is 6.21 Å². The Labute approximate surface area is 105 Å². The summed E-state index contributed by atoms with van der Waals surface area (Å²) in [6.07, 6.45) is 1.94. The minimum Gasteiger partial charge on any atom is -0.361 e. The molecule has 0 aliphatic heterocycles. The third-order valence-electron chi connectivity index (χ3n) is 0.531. The molecule has 84 valence electrons. The minimum absolute atomic E-state index is 0. The molecule has 0 saturated carbocycles. The van der Waals surface area contributed by atoms with Crippen molar-refractivity contribution in [2.45, 2.75) is 0 Å². The Hall–Kier alpha value is -1.21. The van der Waals surface area contributed by atoms with Crippen LogP contribution in [-0.2, 0) is 35.8 Å². The van der Waals surface area contributed by atoms with E-state index in [1.54, 1.807) is 0 Å². The van der Waals surface area contributed by atoms with Gasteiger partial charge >= 0.3 is 40.1 Å². The van der Waals surface area contributed by atoms with Gasteiger partial charge in [-0.1, -0.05) is 0 Å². The van der Waals surface area contributed by atoms with Crippen LogP contribution in [0.2, 0.25) is 0 Å². The van der Waals surface area contributed by atoms with Crippen LogP contribution in [0.25, 0.3) is 5.53 Å². The Kier molecular flexibility index (Phi) is 68.2. The van der Waals surface area contributed by atoms with Crippen molar-refractivity contribution in [3.8, 4) is 0 Å². The molecular weight excluding hydrogens is 256 g/mol. The quantitative estimate of drug-likeness (QED) is 0.177. The van der Waals surface area contributed by atoms with Crippen LogP contribution in [0.15, 0.2) is 0 Å². The zero-order valence-corrected chi connectivity index (χ0v) is 9.05. The van der Waals surface area contributed by atoms with E-state index >= 15 is 0 Å². The number of hydrogen-bond donors (Lipinski definition) is 0. The van der Waals surface area contributed by atoms with E-state index in [1.165, 1.54) is 6.42 Å². The number of nitrogens with zero attached hydrogens (tertiary/aromatic N) is 2. The van der Waals surface area contributed by atoms with E-state index in [2.05, 4.69) is 38.6 Å². The van der Waals surface area contributed by atoms with Gasteiger partial charge in [0, 0.05) is 23.5 Å². The molecule has 0 aromatic carbocycles. The molecule has 16 heavy (non-hydrogen) atoms. The normalized spacial score (nSPS) is 5.31. The van der Waals surface area contributed by atoms with E-state index in [0.29, 0.717) is 5.92 Å². The summed E-state index contributed by atoms with van der Waals surface area (Å²) in [5.41, 5.74) is 7.83. The van der Waals surface area contributed by atoms with Crippen LogP contribution in [0.1, 0.15) is 0 Å². The van der Waals surface area contributed by atoms with Crippen LogP contribution in [-0.4, -0.2) is 16.8 Å². The van der Waals surface area contributed by atoms with Crippen molar-refractivity contribution in [1.82, 2.24) is 0 Å². The Bertz CT molecular complexity index is 238. The van der Waals surface area contributed by atoms with Crippen molar-refractivity contribution in [3.63, 3.8) is 0 Å². The second-order valence-electron chi connectivity index (χ2n) is 1.45. The van der Waals surface area contributed by atoms with Crippen LogP contribution in [0.5, 0.6) is 0 Å². The van der Waals surface area contributed by atoms with E-state index in [9.17, 15) is 4.79 Å². The molecule has 0 bridgehead atoms. The van der Waals surface area contributed by atoms with Crippen LogP contribution < -0.4 is 0 Å². The Morgan fingerprint density at radius 2 is 1.44 bits per heavy atom. The number of rotatable bonds is 3. The van der Waals surface area contributed by atoms with E-state index < -0.39 is 5.78 Å². The van der Waals surface area contributed by atoms with E-state index in [1.807, 2.05) is 0 Å². The molecule has 0 spiro atoms. The molecule has 0 heterocycles. The fraction of sp³-hybridized carbons (Fsp3) is 0. The molecule has 0 unspecified atom stereocenters. The molecule has 0 saturated heterocycles. The zero-order valence-electron chi connectivity index (χ0n) is 7.95. The molecular formula is C9H6FeN2O4. The topological polar surface area (TPSA) is 113 Å². The standard InChI is InChI=1S/C6H6N2O.3CO.Fe/c1-5(2)3-6(9)4-8-7;3*1-2;/h3-4H,1-2H2;;;;. The van der Waals surface area contributed by atoms with E-state index in [4.69, 9.17) is 19.5 Å². The van der Waals surface area contributed by atoms with Gasteiger partial charge in [-0.3, -0.25) is 4.79 Å². The van der Waals surface area contributed by atoms with Crippen molar-refractivity contribution < 1.29 is 40.6 Å². The fourth-order valence-electron chi connectivity index (χ4n) is 0.295. The largest absolute Gasteiger partial charge is 0.361 e. The molecule has 4 radical (unpaired) electrons. The van der Waals surface area contributed by atoms with Gasteiger partial charge in [-0.25, -0.2) is 0 Å². The summed E-state index contributed by atoms with van der Waals surface area (Å²) in [5.74, 6) is -0.0302. The van der Waals surface area contributed by atoms with Crippen LogP contribution in [0.3, 0.4) is 0 Å². The van der Waals surface area contributed by atoms with Gasteiger partial charge < -0.3 is 5.53 Å². The maximum absolute atomic E-state index is 10.4. The molecule has 7 heteroatoms. The molecule has 0 aliphatic carbocycles. The number of Topliss-reactive ketones (excluding diaryl/α,β-unsaturated/α-hetero) is 1. The minimum atomic E-state index is -0.419. The van der Waals surface area contributed by atoms with E-state index in [-0.39, 0.29) is 17.1 Å². The summed E-state index contributed by atoms with van der Waals surface area (Å²) in [4.78, 5) is 12.9.